The summed E-state index contributed by atoms with van der Waals surface area (Å²) in [4.78, 5) is 21.1. The number of nitrogens with zero attached hydrogens (tertiary/aromatic N) is 2. The molecule has 7 nitrogen and oxygen atoms in total. The third-order valence-corrected chi connectivity index (χ3v) is 6.14. The zero-order chi connectivity index (χ0) is 21.4. The molecule has 1 saturated heterocycles. The molecule has 0 atom stereocenters. The van der Waals surface area contributed by atoms with Crippen LogP contribution in [0.5, 0.6) is 0 Å². The number of nitrogens with one attached hydrogen (secondary N) is 1. The number of nitrogens with two attached hydrogens (primary N) is 1. The molecule has 2 aromatic carbocycles. The molecule has 0 spiro atoms. The molecule has 1 amide bonds. The van der Waals surface area contributed by atoms with Crippen LogP contribution in [0.3, 0.4) is 0 Å². The maximum Gasteiger partial charge on any atom is 0.251 e. The summed E-state index contributed by atoms with van der Waals surface area (Å²) in [6.07, 6.45) is 3.61. The zero-order valence-corrected chi connectivity index (χ0v) is 17.1. The third-order valence-electron chi connectivity index (χ3n) is 6.14. The van der Waals surface area contributed by atoms with Crippen LogP contribution in [0.4, 0.5) is 5.82 Å². The average molecular weight is 416 g/mol. The van der Waals surface area contributed by atoms with Crippen LogP contribution in [-0.2, 0) is 16.8 Å². The number of hydrogen-bond donors (Lipinski definition) is 3. The van der Waals surface area contributed by atoms with Crippen molar-refractivity contribution in [2.45, 2.75) is 24.9 Å². The molecule has 3 aromatic rings. The van der Waals surface area contributed by atoms with Gasteiger partial charge >= 0.3 is 0 Å². The summed E-state index contributed by atoms with van der Waals surface area (Å²) in [7, 11) is 0. The van der Waals surface area contributed by atoms with E-state index in [1.807, 2.05) is 42.5 Å². The average Bonchev–Trinajstić information content (AvgIpc) is 2.80. The lowest BCUT2D eigenvalue weighted by Gasteiger charge is -2.32. The quantitative estimate of drug-likeness (QED) is 0.606. The normalized spacial score (nSPS) is 17.6. The second kappa shape index (κ2) is 7.76. The van der Waals surface area contributed by atoms with Crippen molar-refractivity contribution in [2.75, 3.05) is 25.5 Å². The van der Waals surface area contributed by atoms with E-state index >= 15 is 0 Å². The summed E-state index contributed by atoms with van der Waals surface area (Å²) >= 11 is 0. The van der Waals surface area contributed by atoms with Gasteiger partial charge in [0, 0.05) is 49.3 Å². The summed E-state index contributed by atoms with van der Waals surface area (Å²) in [5, 5.41) is 13.7. The Hall–Kier alpha value is -3.29. The first-order valence-corrected chi connectivity index (χ1v) is 10.5. The number of rotatable bonds is 3. The maximum atomic E-state index is 12.0. The van der Waals surface area contributed by atoms with E-state index < -0.39 is 5.60 Å². The Morgan fingerprint density at radius 2 is 1.81 bits per heavy atom. The molecular weight excluding hydrogens is 392 g/mol. The molecule has 1 aromatic heterocycles. The Kier molecular flexibility index (Phi) is 4.92. The number of anilines is 1. The number of carbonyl (C=O) groups is 1. The lowest BCUT2D eigenvalue weighted by molar-refractivity contribution is -0.0679. The first-order chi connectivity index (χ1) is 15.0. The van der Waals surface area contributed by atoms with Crippen LogP contribution >= 0.6 is 0 Å². The highest BCUT2D eigenvalue weighted by Crippen LogP contribution is 2.34. The fourth-order valence-electron chi connectivity index (χ4n) is 4.27. The summed E-state index contributed by atoms with van der Waals surface area (Å²) in [5.74, 6) is 0.295. The van der Waals surface area contributed by atoms with E-state index in [4.69, 9.17) is 15.5 Å². The van der Waals surface area contributed by atoms with Crippen molar-refractivity contribution >= 4 is 11.7 Å². The van der Waals surface area contributed by atoms with Gasteiger partial charge in [-0.25, -0.2) is 9.97 Å². The van der Waals surface area contributed by atoms with E-state index in [9.17, 15) is 9.90 Å². The van der Waals surface area contributed by atoms with E-state index in [0.717, 1.165) is 28.7 Å². The molecule has 0 aliphatic carbocycles. The van der Waals surface area contributed by atoms with Crippen LogP contribution in [0.15, 0.2) is 48.7 Å². The Morgan fingerprint density at radius 1 is 1.06 bits per heavy atom. The molecule has 0 unspecified atom stereocenters. The Balaban J connectivity index is 1.47. The van der Waals surface area contributed by atoms with Gasteiger partial charge in [-0.2, -0.15) is 0 Å². The van der Waals surface area contributed by atoms with Gasteiger partial charge in [0.15, 0.2) is 0 Å². The Morgan fingerprint density at radius 3 is 2.58 bits per heavy atom. The predicted octanol–water partition coefficient (Wildman–Crippen LogP) is 2.68. The fourth-order valence-corrected chi connectivity index (χ4v) is 4.27. The number of fused-ring (bicyclic) bond motifs is 1. The van der Waals surface area contributed by atoms with Crippen LogP contribution < -0.4 is 11.1 Å². The van der Waals surface area contributed by atoms with E-state index in [1.54, 1.807) is 6.20 Å². The van der Waals surface area contributed by atoms with Crippen molar-refractivity contribution < 1.29 is 14.6 Å². The number of amides is 1. The van der Waals surface area contributed by atoms with Crippen LogP contribution in [0.1, 0.15) is 34.3 Å². The van der Waals surface area contributed by atoms with Gasteiger partial charge in [-0.05, 0) is 29.7 Å². The van der Waals surface area contributed by atoms with Crippen molar-refractivity contribution in [1.82, 2.24) is 15.3 Å². The molecule has 5 rings (SSSR count). The molecule has 2 aliphatic heterocycles. The molecule has 0 radical (unpaired) electrons. The largest absolute Gasteiger partial charge is 0.385 e. The van der Waals surface area contributed by atoms with Gasteiger partial charge in [0.25, 0.3) is 5.91 Å². The van der Waals surface area contributed by atoms with Gasteiger partial charge < -0.3 is 20.9 Å². The highest BCUT2D eigenvalue weighted by atomic mass is 16.5. The lowest BCUT2D eigenvalue weighted by atomic mass is 9.86. The Bertz CT molecular complexity index is 1140. The molecule has 158 valence electrons. The van der Waals surface area contributed by atoms with Crippen molar-refractivity contribution in [3.05, 3.63) is 65.4 Å². The molecule has 31 heavy (non-hydrogen) atoms. The number of aromatic nitrogens is 2. The van der Waals surface area contributed by atoms with Gasteiger partial charge in [0.05, 0.1) is 17.5 Å². The van der Waals surface area contributed by atoms with Crippen molar-refractivity contribution in [3.63, 3.8) is 0 Å². The van der Waals surface area contributed by atoms with E-state index in [1.165, 1.54) is 0 Å². The number of ether oxygens (including phenoxy) is 1. The predicted molar refractivity (Wildman–Crippen MR) is 117 cm³/mol. The van der Waals surface area contributed by atoms with Gasteiger partial charge in [-0.3, -0.25) is 4.79 Å². The highest BCUT2D eigenvalue weighted by Gasteiger charge is 2.31. The van der Waals surface area contributed by atoms with E-state index in [-0.39, 0.29) is 5.91 Å². The highest BCUT2D eigenvalue weighted by molar-refractivity contribution is 5.97. The number of benzene rings is 2. The first-order valence-electron chi connectivity index (χ1n) is 10.5. The van der Waals surface area contributed by atoms with Gasteiger partial charge in [-0.15, -0.1) is 0 Å². The SMILES string of the molecule is Nc1ncc(-c2ccc(C3(O)CCOCC3)cc2)nc1-c1ccc2c(c1)CCNC2=O. The summed E-state index contributed by atoms with van der Waals surface area (Å²) in [5.41, 5.74) is 10.9. The minimum atomic E-state index is -0.843. The monoisotopic (exact) mass is 416 g/mol. The minimum Gasteiger partial charge on any atom is -0.385 e. The van der Waals surface area contributed by atoms with Gasteiger partial charge in [-0.1, -0.05) is 30.3 Å². The fraction of sp³-hybridized carbons (Fsp3) is 0.292. The third kappa shape index (κ3) is 3.66. The molecule has 4 N–H and O–H groups in total. The smallest absolute Gasteiger partial charge is 0.251 e. The molecular formula is C24H24N4O3. The zero-order valence-electron chi connectivity index (χ0n) is 17.1. The van der Waals surface area contributed by atoms with Gasteiger partial charge in [0.1, 0.15) is 11.5 Å². The second-order valence-corrected chi connectivity index (χ2v) is 8.09. The Labute approximate surface area is 180 Å². The lowest BCUT2D eigenvalue weighted by Crippen LogP contribution is -2.33. The topological polar surface area (TPSA) is 110 Å². The van der Waals surface area contributed by atoms with E-state index in [2.05, 4.69) is 10.3 Å². The maximum absolute atomic E-state index is 12.0. The van der Waals surface area contributed by atoms with Crippen molar-refractivity contribution in [1.29, 1.82) is 0 Å². The number of carbonyl (C=O) groups excluding carboxylic acids is 1. The van der Waals surface area contributed by atoms with Crippen molar-refractivity contribution in [3.8, 4) is 22.5 Å². The molecule has 0 bridgehead atoms. The molecule has 1 fully saturated rings. The van der Waals surface area contributed by atoms with Gasteiger partial charge in [0.2, 0.25) is 0 Å². The van der Waals surface area contributed by atoms with Crippen LogP contribution in [0, 0.1) is 0 Å². The molecule has 0 saturated carbocycles. The molecule has 3 heterocycles. The van der Waals surface area contributed by atoms with Crippen LogP contribution in [0.25, 0.3) is 22.5 Å². The summed E-state index contributed by atoms with van der Waals surface area (Å²) in [6.45, 7) is 1.75. The van der Waals surface area contributed by atoms with Crippen LogP contribution in [-0.4, -0.2) is 40.7 Å². The number of aliphatic hydroxyl groups is 1. The van der Waals surface area contributed by atoms with Crippen molar-refractivity contribution in [2.24, 2.45) is 0 Å². The second-order valence-electron chi connectivity index (χ2n) is 8.09. The summed E-state index contributed by atoms with van der Waals surface area (Å²) < 4.78 is 5.37. The molecule has 2 aliphatic rings. The van der Waals surface area contributed by atoms with Crippen LogP contribution in [0.2, 0.25) is 0 Å². The van der Waals surface area contributed by atoms with E-state index in [0.29, 0.717) is 55.4 Å². The number of nitrogen functional groups attached to an aromatic ring is 1. The standard InChI is InChI=1S/C24H24N4O3/c25-22-21(17-3-6-19-16(13-17)7-10-26-23(19)29)28-20(14-27-22)15-1-4-18(5-2-15)24(30)8-11-31-12-9-24/h1-6,13-14,30H,7-12H2,(H2,25,27)(H,26,29). The first kappa shape index (κ1) is 19.7. The summed E-state index contributed by atoms with van der Waals surface area (Å²) in [6, 6.07) is 13.4. The molecule has 7 heteroatoms. The minimum absolute atomic E-state index is 0.0492. The number of hydrogen-bond acceptors (Lipinski definition) is 6.